The molecular formula is C23H22ClN3O2S. The highest BCUT2D eigenvalue weighted by Gasteiger charge is 2.29. The van der Waals surface area contributed by atoms with Crippen LogP contribution in [0.5, 0.6) is 0 Å². The maximum absolute atomic E-state index is 12.5. The van der Waals surface area contributed by atoms with Gasteiger partial charge in [0.1, 0.15) is 0 Å². The fraction of sp³-hybridized carbons (Fsp3) is 0.261. The lowest BCUT2D eigenvalue weighted by atomic mass is 9.87. The zero-order chi connectivity index (χ0) is 21.8. The maximum atomic E-state index is 12.5. The minimum atomic E-state index is -0.354. The molecule has 0 saturated heterocycles. The molecule has 0 bridgehead atoms. The Morgan fingerprint density at radius 2 is 1.87 bits per heavy atom. The molecule has 5 nitrogen and oxygen atoms in total. The van der Waals surface area contributed by atoms with Crippen molar-refractivity contribution in [3.63, 3.8) is 0 Å². The first-order valence-corrected chi connectivity index (χ1v) is 10.8. The number of nitrogens with zero attached hydrogens (tertiary/aromatic N) is 1. The molecule has 1 heterocycles. The number of thioether (sulfide) groups is 1. The number of aryl methyl sites for hydroxylation is 3. The number of carbonyl (C=O) groups excluding carboxylic acids is 2. The number of hydrogen-bond donors (Lipinski definition) is 2. The second kappa shape index (κ2) is 9.38. The van der Waals surface area contributed by atoms with Gasteiger partial charge < -0.3 is 10.6 Å². The van der Waals surface area contributed by atoms with Crippen LogP contribution in [0.1, 0.15) is 34.6 Å². The van der Waals surface area contributed by atoms with Crippen molar-refractivity contribution >= 4 is 40.9 Å². The van der Waals surface area contributed by atoms with Crippen LogP contribution >= 0.6 is 23.4 Å². The van der Waals surface area contributed by atoms with E-state index in [1.807, 2.05) is 45.0 Å². The van der Waals surface area contributed by atoms with Crippen molar-refractivity contribution in [3.05, 3.63) is 74.3 Å². The number of benzene rings is 2. The number of nitrogens with one attached hydrogen (secondary N) is 2. The predicted molar refractivity (Wildman–Crippen MR) is 121 cm³/mol. The first-order chi connectivity index (χ1) is 14.3. The average Bonchev–Trinajstić information content (AvgIpc) is 2.69. The molecule has 1 aliphatic heterocycles. The molecule has 0 fully saturated rings. The highest BCUT2D eigenvalue weighted by Crippen LogP contribution is 2.36. The normalized spacial score (nSPS) is 16.1. The SMILES string of the molecule is Cc1cc(C)c(NC(=O)CSC2=C(C#N)C(c3ccc(Cl)cc3)CC(=O)N2)c(C)c1. The van der Waals surface area contributed by atoms with E-state index in [1.54, 1.807) is 12.1 Å². The molecule has 2 amide bonds. The molecule has 3 rings (SSSR count). The van der Waals surface area contributed by atoms with Crippen molar-refractivity contribution in [1.29, 1.82) is 5.26 Å². The van der Waals surface area contributed by atoms with Crippen molar-refractivity contribution < 1.29 is 9.59 Å². The fourth-order valence-corrected chi connectivity index (χ4v) is 4.61. The van der Waals surface area contributed by atoms with Gasteiger partial charge in [0.05, 0.1) is 22.4 Å². The summed E-state index contributed by atoms with van der Waals surface area (Å²) >= 11 is 7.12. The van der Waals surface area contributed by atoms with E-state index < -0.39 is 0 Å². The zero-order valence-corrected chi connectivity index (χ0v) is 18.6. The quantitative estimate of drug-likeness (QED) is 0.688. The molecule has 1 atom stereocenters. The van der Waals surface area contributed by atoms with E-state index in [1.165, 1.54) is 0 Å². The van der Waals surface area contributed by atoms with Gasteiger partial charge in [-0.15, -0.1) is 0 Å². The number of amides is 2. The van der Waals surface area contributed by atoms with Crippen molar-refractivity contribution in [2.75, 3.05) is 11.1 Å². The second-order valence-corrected chi connectivity index (χ2v) is 8.74. The molecule has 0 saturated carbocycles. The lowest BCUT2D eigenvalue weighted by molar-refractivity contribution is -0.121. The molecule has 0 radical (unpaired) electrons. The summed E-state index contributed by atoms with van der Waals surface area (Å²) in [5, 5.41) is 16.5. The third kappa shape index (κ3) is 5.05. The van der Waals surface area contributed by atoms with E-state index in [9.17, 15) is 14.9 Å². The Morgan fingerprint density at radius 3 is 2.47 bits per heavy atom. The Bertz CT molecular complexity index is 1050. The van der Waals surface area contributed by atoms with Crippen molar-refractivity contribution in [3.8, 4) is 6.07 Å². The molecule has 0 aliphatic carbocycles. The van der Waals surface area contributed by atoms with E-state index in [4.69, 9.17) is 11.6 Å². The van der Waals surface area contributed by atoms with Crippen molar-refractivity contribution in [1.82, 2.24) is 5.32 Å². The van der Waals surface area contributed by atoms with Gasteiger partial charge in [-0.05, 0) is 49.6 Å². The summed E-state index contributed by atoms with van der Waals surface area (Å²) in [5.74, 6) is -0.640. The van der Waals surface area contributed by atoms with Gasteiger partial charge in [-0.2, -0.15) is 5.26 Å². The van der Waals surface area contributed by atoms with Crippen LogP contribution in [0.2, 0.25) is 5.02 Å². The molecule has 0 spiro atoms. The number of anilines is 1. The van der Waals surface area contributed by atoms with Crippen molar-refractivity contribution in [2.45, 2.75) is 33.1 Å². The monoisotopic (exact) mass is 439 g/mol. The summed E-state index contributed by atoms with van der Waals surface area (Å²) < 4.78 is 0. The van der Waals surface area contributed by atoms with Gasteiger partial charge in [-0.25, -0.2) is 0 Å². The average molecular weight is 440 g/mol. The van der Waals surface area contributed by atoms with Gasteiger partial charge in [0.2, 0.25) is 11.8 Å². The number of allylic oxidation sites excluding steroid dienone is 1. The fourth-order valence-electron chi connectivity index (χ4n) is 3.60. The van der Waals surface area contributed by atoms with Crippen LogP contribution in [0.15, 0.2) is 47.0 Å². The van der Waals surface area contributed by atoms with Crippen molar-refractivity contribution in [2.24, 2.45) is 0 Å². The lowest BCUT2D eigenvalue weighted by Gasteiger charge is -2.25. The summed E-state index contributed by atoms with van der Waals surface area (Å²) in [5.41, 5.74) is 5.23. The Hall–Kier alpha value is -2.75. The summed E-state index contributed by atoms with van der Waals surface area (Å²) in [4.78, 5) is 24.8. The molecule has 1 aliphatic rings. The first kappa shape index (κ1) is 21.9. The standard InChI is InChI=1S/C23H22ClN3O2S/c1-13-8-14(2)22(15(3)9-13)26-21(29)12-30-23-19(11-25)18(10-20(28)27-23)16-4-6-17(24)7-5-16/h4-9,18H,10,12H2,1-3H3,(H,26,29)(H,27,28). The number of hydrogen-bond acceptors (Lipinski definition) is 4. The summed E-state index contributed by atoms with van der Waals surface area (Å²) in [6.07, 6.45) is 0.183. The topological polar surface area (TPSA) is 82.0 Å². The van der Waals surface area contributed by atoms with Crippen LogP contribution in [0.4, 0.5) is 5.69 Å². The molecule has 0 aromatic heterocycles. The summed E-state index contributed by atoms with van der Waals surface area (Å²) in [7, 11) is 0. The summed E-state index contributed by atoms with van der Waals surface area (Å²) in [6.45, 7) is 5.93. The Labute approximate surface area is 185 Å². The van der Waals surface area contributed by atoms with Crippen LogP contribution in [-0.2, 0) is 9.59 Å². The molecular weight excluding hydrogens is 418 g/mol. The van der Waals surface area contributed by atoms with E-state index in [0.717, 1.165) is 39.7 Å². The van der Waals surface area contributed by atoms with E-state index in [2.05, 4.69) is 16.7 Å². The molecule has 30 heavy (non-hydrogen) atoms. The Morgan fingerprint density at radius 1 is 1.23 bits per heavy atom. The van der Waals surface area contributed by atoms with Gasteiger partial charge in [0, 0.05) is 23.0 Å². The third-order valence-corrected chi connectivity index (χ3v) is 6.19. The number of carbonyl (C=O) groups is 2. The number of rotatable bonds is 5. The molecule has 2 aromatic carbocycles. The predicted octanol–water partition coefficient (Wildman–Crippen LogP) is 4.98. The molecule has 2 aromatic rings. The van der Waals surface area contributed by atoms with Gasteiger partial charge in [-0.3, -0.25) is 9.59 Å². The van der Waals surface area contributed by atoms with Crippen LogP contribution in [-0.4, -0.2) is 17.6 Å². The minimum Gasteiger partial charge on any atom is -0.325 e. The first-order valence-electron chi connectivity index (χ1n) is 9.48. The summed E-state index contributed by atoms with van der Waals surface area (Å²) in [6, 6.07) is 13.4. The smallest absolute Gasteiger partial charge is 0.234 e. The van der Waals surface area contributed by atoms with Gasteiger partial charge in [0.15, 0.2) is 0 Å². The highest BCUT2D eigenvalue weighted by molar-refractivity contribution is 8.03. The highest BCUT2D eigenvalue weighted by atomic mass is 35.5. The molecule has 2 N–H and O–H groups in total. The number of halogens is 1. The van der Waals surface area contributed by atoms with Crippen LogP contribution in [0.3, 0.4) is 0 Å². The third-order valence-electron chi connectivity index (χ3n) is 4.92. The van der Waals surface area contributed by atoms with E-state index in [0.29, 0.717) is 15.6 Å². The van der Waals surface area contributed by atoms with Gasteiger partial charge in [-0.1, -0.05) is 53.2 Å². The lowest BCUT2D eigenvalue weighted by Crippen LogP contribution is -2.31. The van der Waals surface area contributed by atoms with Crippen LogP contribution in [0, 0.1) is 32.1 Å². The van der Waals surface area contributed by atoms with Crippen LogP contribution in [0.25, 0.3) is 0 Å². The van der Waals surface area contributed by atoms with E-state index in [-0.39, 0.29) is 29.9 Å². The van der Waals surface area contributed by atoms with Gasteiger partial charge in [0.25, 0.3) is 0 Å². The molecule has 1 unspecified atom stereocenters. The largest absolute Gasteiger partial charge is 0.325 e. The van der Waals surface area contributed by atoms with E-state index >= 15 is 0 Å². The van der Waals surface area contributed by atoms with Crippen LogP contribution < -0.4 is 10.6 Å². The minimum absolute atomic E-state index is 0.0842. The second-order valence-electron chi connectivity index (χ2n) is 7.32. The Kier molecular flexibility index (Phi) is 6.86. The van der Waals surface area contributed by atoms with Gasteiger partial charge >= 0.3 is 0 Å². The molecule has 7 heteroatoms. The molecule has 154 valence electrons. The number of nitriles is 1. The maximum Gasteiger partial charge on any atom is 0.234 e. The zero-order valence-electron chi connectivity index (χ0n) is 17.0. The Balaban J connectivity index is 1.77.